The van der Waals surface area contributed by atoms with Crippen molar-refractivity contribution in [3.8, 4) is 0 Å². The van der Waals surface area contributed by atoms with Crippen LogP contribution in [0.3, 0.4) is 0 Å². The van der Waals surface area contributed by atoms with Crippen molar-refractivity contribution in [1.82, 2.24) is 0 Å². The van der Waals surface area contributed by atoms with Crippen LogP contribution in [0.1, 0.15) is 47.0 Å². The number of rotatable bonds is 6. The van der Waals surface area contributed by atoms with Crippen molar-refractivity contribution in [2.45, 2.75) is 47.0 Å². The molecule has 0 heterocycles. The van der Waals surface area contributed by atoms with Crippen LogP contribution in [-0.2, 0) is 50.5 Å². The van der Waals surface area contributed by atoms with Crippen LogP contribution in [0.25, 0.3) is 0 Å². The maximum absolute atomic E-state index is 9.83. The van der Waals surface area contributed by atoms with Crippen molar-refractivity contribution in [2.24, 2.45) is 0 Å². The van der Waals surface area contributed by atoms with Gasteiger partial charge in [-0.05, 0) is 20.8 Å². The quantitative estimate of drug-likeness (QED) is 0.264. The van der Waals surface area contributed by atoms with Crippen LogP contribution in [0, 0.1) is 6.92 Å². The zero-order chi connectivity index (χ0) is 19.6. The molecule has 0 rings (SSSR count). The number of carboxylic acids is 3. The van der Waals surface area contributed by atoms with Gasteiger partial charge in [0.15, 0.2) is 0 Å². The molecule has 0 N–H and O–H groups in total. The molecule has 0 aliphatic carbocycles. The van der Waals surface area contributed by atoms with Crippen LogP contribution in [0.2, 0.25) is 0 Å². The minimum Gasteiger partial charge on any atom is -0.550 e. The number of carbonyl (C=O) groups is 6. The summed E-state index contributed by atoms with van der Waals surface area (Å²) in [6.45, 7) is 8.61. The molecule has 0 aliphatic rings. The van der Waals surface area contributed by atoms with Gasteiger partial charge in [0, 0.05) is 37.2 Å². The largest absolute Gasteiger partial charge is 4.00 e. The molecular formula is C14H20O9Ti. The summed E-state index contributed by atoms with van der Waals surface area (Å²) >= 11 is 0. The molecule has 0 atom stereocenters. The molecule has 0 amide bonds. The monoisotopic (exact) mass is 380 g/mol. The van der Waals surface area contributed by atoms with E-state index in [1.807, 2.05) is 0 Å². The van der Waals surface area contributed by atoms with Crippen LogP contribution in [0.4, 0.5) is 0 Å². The van der Waals surface area contributed by atoms with Crippen molar-refractivity contribution in [3.63, 3.8) is 0 Å². The van der Waals surface area contributed by atoms with Gasteiger partial charge in [-0.2, -0.15) is 6.92 Å². The molecule has 0 fully saturated rings. The van der Waals surface area contributed by atoms with Gasteiger partial charge in [-0.3, -0.25) is 14.4 Å². The second-order valence-electron chi connectivity index (χ2n) is 3.75. The second-order valence-corrected chi connectivity index (χ2v) is 3.75. The zero-order valence-corrected chi connectivity index (χ0v) is 15.6. The van der Waals surface area contributed by atoms with Crippen LogP contribution >= 0.6 is 0 Å². The summed E-state index contributed by atoms with van der Waals surface area (Å²) in [4.78, 5) is 57.9. The molecule has 0 aromatic rings. The number of ketones is 3. The van der Waals surface area contributed by atoms with E-state index in [0.29, 0.717) is 0 Å². The molecule has 0 aromatic carbocycles. The van der Waals surface area contributed by atoms with E-state index in [-0.39, 0.29) is 39.1 Å². The molecular weight excluding hydrogens is 360 g/mol. The number of hydrogen-bond donors (Lipinski definition) is 0. The first-order valence-electron chi connectivity index (χ1n) is 6.17. The molecule has 0 saturated heterocycles. The van der Waals surface area contributed by atoms with Gasteiger partial charge in [0.25, 0.3) is 0 Å². The third-order valence-electron chi connectivity index (χ3n) is 1.18. The first-order chi connectivity index (χ1) is 10.4. The van der Waals surface area contributed by atoms with Gasteiger partial charge >= 0.3 is 21.7 Å². The molecule has 24 heavy (non-hydrogen) atoms. The predicted molar refractivity (Wildman–Crippen MR) is 71.9 cm³/mol. The number of carboxylic acid groups (broad SMARTS) is 3. The summed E-state index contributed by atoms with van der Waals surface area (Å²) in [5, 5.41) is 28.4. The van der Waals surface area contributed by atoms with E-state index in [0.717, 1.165) is 0 Å². The molecule has 0 radical (unpaired) electrons. The maximum atomic E-state index is 9.83. The van der Waals surface area contributed by atoms with E-state index >= 15 is 0 Å². The van der Waals surface area contributed by atoms with Crippen molar-refractivity contribution < 1.29 is 65.8 Å². The minimum absolute atomic E-state index is 0. The average Bonchev–Trinajstić information content (AvgIpc) is 2.26. The molecule has 0 saturated carbocycles. The molecule has 0 aliphatic heterocycles. The summed E-state index contributed by atoms with van der Waals surface area (Å²) in [5.41, 5.74) is 0. The summed E-state index contributed by atoms with van der Waals surface area (Å²) in [5.74, 6) is -5.06. The number of aliphatic carboxylic acids is 3. The molecule has 0 aromatic heterocycles. The smallest absolute Gasteiger partial charge is 0.550 e. The van der Waals surface area contributed by atoms with Gasteiger partial charge in [-0.15, -0.1) is 0 Å². The summed E-state index contributed by atoms with van der Waals surface area (Å²) in [6.07, 6.45) is -1.42. The van der Waals surface area contributed by atoms with Gasteiger partial charge in [0.05, 0.1) is 0 Å². The topological polar surface area (TPSA) is 172 Å². The number of Topliss-reactive ketones (excluding diaryl/α,β-unsaturated/α-hetero) is 3. The van der Waals surface area contributed by atoms with Gasteiger partial charge in [-0.1, -0.05) is 0 Å². The number of carbonyl (C=O) groups excluding carboxylic acids is 6. The second kappa shape index (κ2) is 23.4. The normalized spacial score (nSPS) is 7.38. The molecule has 0 bridgehead atoms. The molecule has 0 unspecified atom stereocenters. The van der Waals surface area contributed by atoms with Crippen LogP contribution in [0.15, 0.2) is 0 Å². The maximum Gasteiger partial charge on any atom is 4.00 e. The molecule has 134 valence electrons. The summed E-state index contributed by atoms with van der Waals surface area (Å²) < 4.78 is 0. The third kappa shape index (κ3) is 71.8. The predicted octanol–water partition coefficient (Wildman–Crippen LogP) is -3.02. The van der Waals surface area contributed by atoms with Crippen molar-refractivity contribution in [1.29, 1.82) is 0 Å². The van der Waals surface area contributed by atoms with Crippen molar-refractivity contribution in [3.05, 3.63) is 6.92 Å². The van der Waals surface area contributed by atoms with Gasteiger partial charge in [0.2, 0.25) is 0 Å². The van der Waals surface area contributed by atoms with E-state index in [4.69, 9.17) is 0 Å². The average molecular weight is 380 g/mol. The minimum atomic E-state index is -1.31. The summed E-state index contributed by atoms with van der Waals surface area (Å²) in [7, 11) is 0. The van der Waals surface area contributed by atoms with Crippen molar-refractivity contribution >= 4 is 35.3 Å². The van der Waals surface area contributed by atoms with Crippen LogP contribution < -0.4 is 15.3 Å². The van der Waals surface area contributed by atoms with E-state index in [2.05, 4.69) is 6.92 Å². The fraction of sp³-hybridized carbons (Fsp3) is 0.500. The van der Waals surface area contributed by atoms with Crippen LogP contribution in [0.5, 0.6) is 0 Å². The Labute approximate surface area is 155 Å². The standard InChI is InChI=1S/3C4H6O3.C2H5.Ti/c3*1-3(5)2-4(6)7;1-2;/h3*2H2,1H3,(H,6,7);1H2,2H3;/q;;;-1;+4/p-3. The van der Waals surface area contributed by atoms with Crippen LogP contribution in [-0.4, -0.2) is 35.3 Å². The van der Waals surface area contributed by atoms with E-state index < -0.39 is 37.2 Å². The van der Waals surface area contributed by atoms with E-state index in [1.54, 1.807) is 6.92 Å². The third-order valence-corrected chi connectivity index (χ3v) is 1.18. The molecule has 10 heteroatoms. The van der Waals surface area contributed by atoms with Crippen molar-refractivity contribution in [2.75, 3.05) is 0 Å². The van der Waals surface area contributed by atoms with Gasteiger partial charge in [-0.25, -0.2) is 0 Å². The van der Waals surface area contributed by atoms with E-state index in [9.17, 15) is 44.1 Å². The van der Waals surface area contributed by atoms with Gasteiger partial charge in [0.1, 0.15) is 17.3 Å². The Morgan fingerprint density at radius 2 is 0.708 bits per heavy atom. The first-order valence-corrected chi connectivity index (χ1v) is 6.17. The Kier molecular flexibility index (Phi) is 32.8. The Bertz CT molecular complexity index is 319. The Hall–Kier alpha value is -1.87. The SMILES string of the molecule is CC(=O)CC(=O)[O-].CC(=O)CC(=O)[O-].CC(=O)CC(=O)[O-].[CH2-]C.[Ti+4]. The first kappa shape index (κ1) is 33.7. The number of hydrogen-bond acceptors (Lipinski definition) is 9. The van der Waals surface area contributed by atoms with E-state index in [1.165, 1.54) is 20.8 Å². The zero-order valence-electron chi connectivity index (χ0n) is 14.0. The molecule has 0 spiro atoms. The Morgan fingerprint density at radius 3 is 0.708 bits per heavy atom. The van der Waals surface area contributed by atoms with Gasteiger partial charge < -0.3 is 36.6 Å². The molecule has 9 nitrogen and oxygen atoms in total. The Morgan fingerprint density at radius 1 is 0.583 bits per heavy atom. The Balaban J connectivity index is -0.0000000699. The summed E-state index contributed by atoms with van der Waals surface area (Å²) in [6, 6.07) is 0. The fourth-order valence-corrected chi connectivity index (χ4v) is 0.610. The fourth-order valence-electron chi connectivity index (χ4n) is 0.610.